The van der Waals surface area contributed by atoms with E-state index >= 15 is 4.39 Å². The number of halogens is 1. The molecule has 11 nitrogen and oxygen atoms in total. The molecule has 2 heterocycles. The van der Waals surface area contributed by atoms with Gasteiger partial charge in [0.2, 0.25) is 17.7 Å². The van der Waals surface area contributed by atoms with Crippen molar-refractivity contribution in [1.29, 1.82) is 0 Å². The average molecular weight is 598 g/mol. The number of likely N-dealkylation sites (N-methyl/N-ethyl adjacent to an activating group) is 1. The molecule has 0 radical (unpaired) electrons. The van der Waals surface area contributed by atoms with E-state index in [-0.39, 0.29) is 42.1 Å². The van der Waals surface area contributed by atoms with Gasteiger partial charge in [-0.3, -0.25) is 19.2 Å². The summed E-state index contributed by atoms with van der Waals surface area (Å²) in [6, 6.07) is 2.73. The maximum Gasteiger partial charge on any atom is 0.287 e. The van der Waals surface area contributed by atoms with E-state index in [2.05, 4.69) is 25.8 Å². The second kappa shape index (κ2) is 15.1. The van der Waals surface area contributed by atoms with Gasteiger partial charge in [0.1, 0.15) is 17.9 Å². The van der Waals surface area contributed by atoms with E-state index in [9.17, 15) is 19.2 Å². The third-order valence-electron chi connectivity index (χ3n) is 8.45. The maximum atomic E-state index is 15.4. The fourth-order valence-electron chi connectivity index (χ4n) is 5.82. The Morgan fingerprint density at radius 2 is 1.74 bits per heavy atom. The number of hydrogen-bond donors (Lipinski definition) is 3. The van der Waals surface area contributed by atoms with Crippen molar-refractivity contribution in [3.05, 3.63) is 47.8 Å². The van der Waals surface area contributed by atoms with Crippen LogP contribution in [0, 0.1) is 11.7 Å². The van der Waals surface area contributed by atoms with Crippen LogP contribution in [-0.4, -0.2) is 88.3 Å². The van der Waals surface area contributed by atoms with Crippen LogP contribution in [0.2, 0.25) is 0 Å². The summed E-state index contributed by atoms with van der Waals surface area (Å²) in [4.78, 5) is 60.1. The number of nitrogens with zero attached hydrogens (tertiary/aromatic N) is 4. The number of carbonyl (C=O) groups excluding carboxylic acids is 4. The number of anilines is 1. The van der Waals surface area contributed by atoms with Crippen molar-refractivity contribution in [2.45, 2.75) is 77.4 Å². The number of piperazine rings is 1. The lowest BCUT2D eigenvalue weighted by molar-refractivity contribution is -0.137. The molecule has 3 N–H and O–H groups in total. The molecule has 1 aromatic carbocycles. The van der Waals surface area contributed by atoms with Crippen LogP contribution < -0.4 is 16.0 Å². The van der Waals surface area contributed by atoms with Gasteiger partial charge in [0.05, 0.1) is 5.69 Å². The van der Waals surface area contributed by atoms with Crippen LogP contribution in [0.15, 0.2) is 30.6 Å². The van der Waals surface area contributed by atoms with Gasteiger partial charge >= 0.3 is 0 Å². The fraction of sp³-hybridized carbons (Fsp3) is 0.581. The molecular formula is C31H44FN7O4. The first-order chi connectivity index (χ1) is 20.7. The quantitative estimate of drug-likeness (QED) is 0.365. The van der Waals surface area contributed by atoms with E-state index in [1.54, 1.807) is 34.9 Å². The van der Waals surface area contributed by atoms with Crippen LogP contribution in [0.5, 0.6) is 0 Å². The van der Waals surface area contributed by atoms with Gasteiger partial charge in [-0.15, -0.1) is 0 Å². The van der Waals surface area contributed by atoms with Crippen LogP contribution in [0.4, 0.5) is 10.1 Å². The molecule has 0 unspecified atom stereocenters. The third-order valence-corrected chi connectivity index (χ3v) is 8.45. The van der Waals surface area contributed by atoms with E-state index in [4.69, 9.17) is 0 Å². The summed E-state index contributed by atoms with van der Waals surface area (Å²) in [7, 11) is 1.99. The summed E-state index contributed by atoms with van der Waals surface area (Å²) >= 11 is 0. The molecule has 1 saturated carbocycles. The van der Waals surface area contributed by atoms with Crippen LogP contribution in [0.1, 0.15) is 68.6 Å². The van der Waals surface area contributed by atoms with Crippen molar-refractivity contribution in [3.8, 4) is 0 Å². The number of aryl methyl sites for hydroxylation is 1. The predicted molar refractivity (Wildman–Crippen MR) is 161 cm³/mol. The first kappa shape index (κ1) is 32.1. The van der Waals surface area contributed by atoms with E-state index in [1.165, 1.54) is 12.1 Å². The van der Waals surface area contributed by atoms with Crippen molar-refractivity contribution < 1.29 is 23.6 Å². The molecule has 43 heavy (non-hydrogen) atoms. The second-order valence-electron chi connectivity index (χ2n) is 11.5. The van der Waals surface area contributed by atoms with Crippen molar-refractivity contribution in [2.75, 3.05) is 38.5 Å². The topological polar surface area (TPSA) is 129 Å². The molecule has 234 valence electrons. The van der Waals surface area contributed by atoms with Crippen LogP contribution in [0.3, 0.4) is 0 Å². The molecule has 4 rings (SSSR count). The monoisotopic (exact) mass is 597 g/mol. The third kappa shape index (κ3) is 8.40. The first-order valence-corrected chi connectivity index (χ1v) is 15.4. The highest BCUT2D eigenvalue weighted by molar-refractivity contribution is 6.00. The fourth-order valence-corrected chi connectivity index (χ4v) is 5.82. The Labute approximate surface area is 252 Å². The maximum absolute atomic E-state index is 15.4. The lowest BCUT2D eigenvalue weighted by Gasteiger charge is -2.34. The van der Waals surface area contributed by atoms with Gasteiger partial charge in [-0.05, 0) is 50.4 Å². The van der Waals surface area contributed by atoms with Crippen molar-refractivity contribution in [3.63, 3.8) is 0 Å². The molecule has 12 heteroatoms. The summed E-state index contributed by atoms with van der Waals surface area (Å²) in [5.41, 5.74) is 0.501. The number of benzene rings is 1. The van der Waals surface area contributed by atoms with Crippen molar-refractivity contribution >= 4 is 29.3 Å². The Kier molecular flexibility index (Phi) is 11.3. The molecule has 1 aromatic heterocycles. The normalized spacial score (nSPS) is 17.6. The van der Waals surface area contributed by atoms with E-state index in [0.29, 0.717) is 25.2 Å². The summed E-state index contributed by atoms with van der Waals surface area (Å²) in [5, 5.41) is 8.35. The van der Waals surface area contributed by atoms with Crippen LogP contribution in [-0.2, 0) is 27.3 Å². The lowest BCUT2D eigenvalue weighted by atomic mass is 9.83. The Bertz CT molecular complexity index is 1280. The molecule has 2 aliphatic rings. The second-order valence-corrected chi connectivity index (χ2v) is 11.5. The average Bonchev–Trinajstić information content (AvgIpc) is 3.50. The SMILES string of the molecule is CCC(=O)N[C@H](Cc1ccc(NC(=O)[C@@H](NC(=O)c2nccn2CC)C2CCCCC2)c(F)c1)C(=O)N1CCN(C)CC1. The van der Waals surface area contributed by atoms with E-state index < -0.39 is 29.7 Å². The summed E-state index contributed by atoms with van der Waals surface area (Å²) < 4.78 is 17.1. The van der Waals surface area contributed by atoms with Crippen LogP contribution >= 0.6 is 0 Å². The Morgan fingerprint density at radius 1 is 1.02 bits per heavy atom. The highest BCUT2D eigenvalue weighted by Gasteiger charge is 2.33. The highest BCUT2D eigenvalue weighted by atomic mass is 19.1. The minimum absolute atomic E-state index is 0.0154. The zero-order valence-corrected chi connectivity index (χ0v) is 25.4. The standard InChI is InChI=1S/C31H44FN7O4/c1-4-26(40)34-25(31(43)39-17-15-37(3)16-18-39)20-21-11-12-24(23(32)19-21)35-29(41)27(22-9-7-6-8-10-22)36-30(42)28-33-13-14-38(28)5-2/h11-14,19,22,25,27H,4-10,15-18,20H2,1-3H3,(H,34,40)(H,35,41)(H,36,42)/t25-,27+/m1/s1. The minimum Gasteiger partial charge on any atom is -0.344 e. The summed E-state index contributed by atoms with van der Waals surface area (Å²) in [5.74, 6) is -1.89. The molecule has 0 bridgehead atoms. The molecule has 2 atom stereocenters. The lowest BCUT2D eigenvalue weighted by Crippen LogP contribution is -2.54. The van der Waals surface area contributed by atoms with Gasteiger partial charge < -0.3 is 30.3 Å². The van der Waals surface area contributed by atoms with Gasteiger partial charge in [0, 0.05) is 58.0 Å². The zero-order valence-electron chi connectivity index (χ0n) is 25.4. The molecule has 1 aliphatic heterocycles. The first-order valence-electron chi connectivity index (χ1n) is 15.4. The number of nitrogens with one attached hydrogen (secondary N) is 3. The summed E-state index contributed by atoms with van der Waals surface area (Å²) in [6.07, 6.45) is 8.16. The number of hydrogen-bond acceptors (Lipinski definition) is 6. The number of imidazole rings is 1. The van der Waals surface area contributed by atoms with Crippen molar-refractivity contribution in [1.82, 2.24) is 30.0 Å². The number of amides is 4. The number of aromatic nitrogens is 2. The molecular weight excluding hydrogens is 553 g/mol. The molecule has 2 aromatic rings. The largest absolute Gasteiger partial charge is 0.344 e. The Hall–Kier alpha value is -3.80. The Balaban J connectivity index is 1.47. The van der Waals surface area contributed by atoms with Crippen molar-refractivity contribution in [2.24, 2.45) is 5.92 Å². The van der Waals surface area contributed by atoms with Gasteiger partial charge in [-0.2, -0.15) is 0 Å². The van der Waals surface area contributed by atoms with Gasteiger partial charge in [-0.25, -0.2) is 9.37 Å². The van der Waals surface area contributed by atoms with E-state index in [1.807, 2.05) is 14.0 Å². The molecule has 2 fully saturated rings. The van der Waals surface area contributed by atoms with Crippen LogP contribution in [0.25, 0.3) is 0 Å². The predicted octanol–water partition coefficient (Wildman–Crippen LogP) is 2.57. The highest BCUT2D eigenvalue weighted by Crippen LogP contribution is 2.28. The van der Waals surface area contributed by atoms with Gasteiger partial charge in [0.15, 0.2) is 5.82 Å². The smallest absolute Gasteiger partial charge is 0.287 e. The zero-order chi connectivity index (χ0) is 30.9. The molecule has 1 aliphatic carbocycles. The molecule has 4 amide bonds. The number of carbonyl (C=O) groups is 4. The number of rotatable bonds is 11. The summed E-state index contributed by atoms with van der Waals surface area (Å²) in [6.45, 7) is 6.78. The van der Waals surface area contributed by atoms with Gasteiger partial charge in [-0.1, -0.05) is 32.3 Å². The molecule has 1 saturated heterocycles. The van der Waals surface area contributed by atoms with E-state index in [0.717, 1.165) is 45.2 Å². The minimum atomic E-state index is -0.844. The van der Waals surface area contributed by atoms with Gasteiger partial charge in [0.25, 0.3) is 5.91 Å². The molecule has 0 spiro atoms. The Morgan fingerprint density at radius 3 is 2.40 bits per heavy atom.